The molecule has 4 rings (SSSR count). The third-order valence-corrected chi connectivity index (χ3v) is 8.98. The SMILES string of the molecule is CC(C)[C@@H]1NC(=O)[C@H](C)NC(=O)c2csc(n2)[C@H](Cc2ccccc2)NC(=O)CN(C(=O)c2ccncc2)CCN(C)C(=O)[C@@H](C)NC1=O. The summed E-state index contributed by atoms with van der Waals surface area (Å²) in [5, 5.41) is 13.0. The maximum Gasteiger partial charge on any atom is 0.271 e. The Morgan fingerprint density at radius 1 is 0.898 bits per heavy atom. The molecule has 0 saturated carbocycles. The lowest BCUT2D eigenvalue weighted by molar-refractivity contribution is -0.136. The molecule has 0 fully saturated rings. The molecule has 0 saturated heterocycles. The number of benzene rings is 1. The van der Waals surface area contributed by atoms with E-state index in [4.69, 9.17) is 0 Å². The van der Waals surface area contributed by atoms with Crippen molar-refractivity contribution in [2.75, 3.05) is 26.7 Å². The first kappa shape index (κ1) is 36.7. The lowest BCUT2D eigenvalue weighted by Crippen LogP contribution is -2.57. The van der Waals surface area contributed by atoms with Gasteiger partial charge in [-0.15, -0.1) is 11.3 Å². The predicted octanol–water partition coefficient (Wildman–Crippen LogP) is 1.32. The lowest BCUT2D eigenvalue weighted by atomic mass is 10.0. The van der Waals surface area contributed by atoms with E-state index in [2.05, 4.69) is 31.2 Å². The Morgan fingerprint density at radius 3 is 2.27 bits per heavy atom. The van der Waals surface area contributed by atoms with Crippen LogP contribution in [0.2, 0.25) is 0 Å². The van der Waals surface area contributed by atoms with Crippen LogP contribution in [0.4, 0.5) is 0 Å². The molecule has 1 aliphatic heterocycles. The number of hydrogen-bond acceptors (Lipinski definition) is 9. The second kappa shape index (κ2) is 16.8. The molecule has 2 bridgehead atoms. The predicted molar refractivity (Wildman–Crippen MR) is 182 cm³/mol. The number of nitrogens with one attached hydrogen (secondary N) is 4. The van der Waals surface area contributed by atoms with E-state index in [0.717, 1.165) is 5.56 Å². The molecular weight excluding hydrogens is 648 g/mol. The molecule has 1 aliphatic rings. The number of thiazole rings is 1. The summed E-state index contributed by atoms with van der Waals surface area (Å²) in [7, 11) is 1.54. The van der Waals surface area contributed by atoms with Gasteiger partial charge < -0.3 is 31.1 Å². The van der Waals surface area contributed by atoms with Crippen molar-refractivity contribution >= 4 is 46.8 Å². The van der Waals surface area contributed by atoms with Gasteiger partial charge in [-0.1, -0.05) is 44.2 Å². The molecule has 49 heavy (non-hydrogen) atoms. The number of aromatic nitrogens is 2. The van der Waals surface area contributed by atoms with Crippen molar-refractivity contribution in [1.29, 1.82) is 0 Å². The van der Waals surface area contributed by atoms with Crippen LogP contribution in [0.3, 0.4) is 0 Å². The van der Waals surface area contributed by atoms with Gasteiger partial charge in [0, 0.05) is 43.5 Å². The summed E-state index contributed by atoms with van der Waals surface area (Å²) in [6, 6.07) is 8.89. The highest BCUT2D eigenvalue weighted by Gasteiger charge is 2.31. The fourth-order valence-corrected chi connectivity index (χ4v) is 6.02. The van der Waals surface area contributed by atoms with E-state index >= 15 is 0 Å². The molecule has 3 heterocycles. The summed E-state index contributed by atoms with van der Waals surface area (Å²) < 4.78 is 0. The molecule has 4 atom stereocenters. The van der Waals surface area contributed by atoms with Gasteiger partial charge in [0.25, 0.3) is 11.8 Å². The Bertz CT molecular complexity index is 1650. The zero-order valence-electron chi connectivity index (χ0n) is 28.1. The highest BCUT2D eigenvalue weighted by atomic mass is 32.1. The molecule has 0 radical (unpaired) electrons. The quantitative estimate of drug-likeness (QED) is 0.316. The van der Waals surface area contributed by atoms with Gasteiger partial charge in [0.2, 0.25) is 23.6 Å². The fourth-order valence-electron chi connectivity index (χ4n) is 5.17. The van der Waals surface area contributed by atoms with Gasteiger partial charge in [0.05, 0.1) is 12.6 Å². The van der Waals surface area contributed by atoms with E-state index in [-0.39, 0.29) is 31.2 Å². The van der Waals surface area contributed by atoms with Crippen molar-refractivity contribution in [2.24, 2.45) is 5.92 Å². The maximum absolute atomic E-state index is 13.6. The van der Waals surface area contributed by atoms with Crippen molar-refractivity contribution in [3.8, 4) is 0 Å². The number of pyridine rings is 1. The third-order valence-electron chi connectivity index (χ3n) is 8.02. The Hall–Kier alpha value is -5.18. The van der Waals surface area contributed by atoms with Crippen LogP contribution in [-0.4, -0.2) is 100 Å². The standard InChI is InChI=1S/C34H42N8O6S/c1-20(2)28-31(46)37-22(4)33(47)41(5)15-16-42(34(48)24-11-13-35-14-12-24)18-27(43)38-25(17-23-9-7-6-8-10-23)32-39-26(19-49-32)30(45)36-21(3)29(44)40-28/h6-14,19-22,25,28H,15-18H2,1-5H3,(H,36,45)(H,37,46)(H,38,43)(H,40,44)/t21-,22+,25-,28-/m0/s1. The van der Waals surface area contributed by atoms with Gasteiger partial charge in [-0.2, -0.15) is 0 Å². The third kappa shape index (κ3) is 9.92. The molecular formula is C34H42N8O6S. The molecule has 3 aromatic rings. The number of fused-ring (bicyclic) bond motifs is 2. The number of likely N-dealkylation sites (N-methyl/N-ethyl adjacent to an activating group) is 1. The second-order valence-electron chi connectivity index (χ2n) is 12.3. The van der Waals surface area contributed by atoms with Crippen LogP contribution in [0.1, 0.15) is 65.2 Å². The molecule has 2 aromatic heterocycles. The number of nitrogens with zero attached hydrogens (tertiary/aromatic N) is 4. The summed E-state index contributed by atoms with van der Waals surface area (Å²) in [6.07, 6.45) is 3.30. The van der Waals surface area contributed by atoms with Crippen LogP contribution in [0.15, 0.2) is 60.2 Å². The Morgan fingerprint density at radius 2 is 1.59 bits per heavy atom. The van der Waals surface area contributed by atoms with Gasteiger partial charge in [0.1, 0.15) is 28.8 Å². The molecule has 1 aromatic carbocycles. The number of carbonyl (C=O) groups excluding carboxylic acids is 6. The Labute approximate surface area is 289 Å². The lowest BCUT2D eigenvalue weighted by Gasteiger charge is -2.29. The summed E-state index contributed by atoms with van der Waals surface area (Å²) in [6.45, 7) is 6.24. The van der Waals surface area contributed by atoms with Gasteiger partial charge in [-0.05, 0) is 43.9 Å². The number of hydrogen-bond donors (Lipinski definition) is 4. The summed E-state index contributed by atoms with van der Waals surface area (Å²) in [5.41, 5.74) is 1.28. The van der Waals surface area contributed by atoms with E-state index in [9.17, 15) is 28.8 Å². The minimum absolute atomic E-state index is 0.00493. The Kier molecular flexibility index (Phi) is 12.5. The molecule has 4 N–H and O–H groups in total. The average molecular weight is 691 g/mol. The molecule has 260 valence electrons. The highest BCUT2D eigenvalue weighted by molar-refractivity contribution is 7.09. The normalized spacial score (nSPS) is 22.0. The largest absolute Gasteiger partial charge is 0.345 e. The Balaban J connectivity index is 1.68. The second-order valence-corrected chi connectivity index (χ2v) is 13.1. The average Bonchev–Trinajstić information content (AvgIpc) is 3.58. The van der Waals surface area contributed by atoms with E-state index in [0.29, 0.717) is 17.0 Å². The van der Waals surface area contributed by atoms with Gasteiger partial charge in [-0.3, -0.25) is 33.8 Å². The van der Waals surface area contributed by atoms with Crippen LogP contribution in [0.5, 0.6) is 0 Å². The first-order chi connectivity index (χ1) is 23.3. The van der Waals surface area contributed by atoms with Crippen LogP contribution in [0, 0.1) is 5.92 Å². The van der Waals surface area contributed by atoms with E-state index in [1.807, 2.05) is 30.3 Å². The highest BCUT2D eigenvalue weighted by Crippen LogP contribution is 2.23. The van der Waals surface area contributed by atoms with E-state index in [1.54, 1.807) is 19.2 Å². The number of rotatable bonds is 4. The summed E-state index contributed by atoms with van der Waals surface area (Å²) in [5.74, 6) is -3.45. The summed E-state index contributed by atoms with van der Waals surface area (Å²) >= 11 is 1.18. The zero-order valence-corrected chi connectivity index (χ0v) is 29.0. The van der Waals surface area contributed by atoms with E-state index < -0.39 is 59.6 Å². The monoisotopic (exact) mass is 690 g/mol. The van der Waals surface area contributed by atoms with Crippen molar-refractivity contribution in [2.45, 2.75) is 58.3 Å². The first-order valence-corrected chi connectivity index (χ1v) is 16.9. The molecule has 6 amide bonds. The van der Waals surface area contributed by atoms with Crippen LogP contribution >= 0.6 is 11.3 Å². The molecule has 0 aliphatic carbocycles. The molecule has 0 unspecified atom stereocenters. The number of amides is 6. The topological polar surface area (TPSA) is 183 Å². The zero-order chi connectivity index (χ0) is 35.7. The first-order valence-electron chi connectivity index (χ1n) is 16.0. The van der Waals surface area contributed by atoms with Crippen LogP contribution in [-0.2, 0) is 25.6 Å². The summed E-state index contributed by atoms with van der Waals surface area (Å²) in [4.78, 5) is 91.2. The van der Waals surface area contributed by atoms with Crippen molar-refractivity contribution in [3.05, 3.63) is 82.1 Å². The fraction of sp³-hybridized carbons (Fsp3) is 0.412. The van der Waals surface area contributed by atoms with E-state index in [1.165, 1.54) is 66.6 Å². The van der Waals surface area contributed by atoms with Crippen molar-refractivity contribution in [1.82, 2.24) is 41.0 Å². The van der Waals surface area contributed by atoms with Gasteiger partial charge in [-0.25, -0.2) is 4.98 Å². The maximum atomic E-state index is 13.6. The minimum Gasteiger partial charge on any atom is -0.345 e. The van der Waals surface area contributed by atoms with Gasteiger partial charge in [0.15, 0.2) is 0 Å². The molecule has 0 spiro atoms. The van der Waals surface area contributed by atoms with Crippen LogP contribution < -0.4 is 21.3 Å². The smallest absolute Gasteiger partial charge is 0.271 e. The molecule has 14 nitrogen and oxygen atoms in total. The molecule has 15 heteroatoms. The van der Waals surface area contributed by atoms with Gasteiger partial charge >= 0.3 is 0 Å². The van der Waals surface area contributed by atoms with Crippen LogP contribution in [0.25, 0.3) is 0 Å². The van der Waals surface area contributed by atoms with Crippen molar-refractivity contribution < 1.29 is 28.8 Å². The number of carbonyl (C=O) groups is 6. The van der Waals surface area contributed by atoms with Crippen molar-refractivity contribution in [3.63, 3.8) is 0 Å². The minimum atomic E-state index is -1.02.